The van der Waals surface area contributed by atoms with E-state index in [1.54, 1.807) is 6.20 Å². The Morgan fingerprint density at radius 3 is 1.82 bits per heavy atom. The lowest BCUT2D eigenvalue weighted by molar-refractivity contribution is 0.668. The third kappa shape index (κ3) is 6.05. The molecule has 0 spiro atoms. The number of rotatable bonds is 6. The molecule has 0 aliphatic carbocycles. The summed E-state index contributed by atoms with van der Waals surface area (Å²) in [7, 11) is 0. The zero-order valence-corrected chi connectivity index (χ0v) is 36.5. The van der Waals surface area contributed by atoms with Crippen molar-refractivity contribution in [1.82, 2.24) is 24.5 Å². The summed E-state index contributed by atoms with van der Waals surface area (Å²) in [6.07, 6.45) is 1.80. The van der Waals surface area contributed by atoms with Crippen LogP contribution in [0.4, 0.5) is 0 Å². The average molecular weight is 868 g/mol. The maximum Gasteiger partial charge on any atom is 0.164 e. The predicted octanol–water partition coefficient (Wildman–Crippen LogP) is 16.1. The Bertz CT molecular complexity index is 4330. The van der Waals surface area contributed by atoms with Crippen molar-refractivity contribution >= 4 is 76.2 Å². The van der Waals surface area contributed by atoms with E-state index >= 15 is 0 Å². The number of hydrogen-bond acceptors (Lipinski definition) is 5. The van der Waals surface area contributed by atoms with E-state index in [0.717, 1.165) is 88.2 Å². The molecule has 0 fully saturated rings. The van der Waals surface area contributed by atoms with Crippen molar-refractivity contribution in [2.45, 2.75) is 0 Å². The van der Waals surface area contributed by atoms with Crippen LogP contribution in [0.2, 0.25) is 0 Å². The van der Waals surface area contributed by atoms with Gasteiger partial charge in [-0.25, -0.2) is 15.0 Å². The molecule has 0 unspecified atom stereocenters. The Morgan fingerprint density at radius 2 is 1.01 bits per heavy atom. The van der Waals surface area contributed by atoms with Crippen LogP contribution in [0.5, 0.6) is 0 Å². The highest BCUT2D eigenvalue weighted by Crippen LogP contribution is 2.43. The van der Waals surface area contributed by atoms with E-state index < -0.39 is 0 Å². The molecule has 6 nitrogen and oxygen atoms in total. The Balaban J connectivity index is 1.02. The summed E-state index contributed by atoms with van der Waals surface area (Å²) in [5, 5.41) is 10.2. The van der Waals surface area contributed by atoms with Crippen molar-refractivity contribution < 1.29 is 4.42 Å². The van der Waals surface area contributed by atoms with Crippen LogP contribution in [0, 0.1) is 0 Å². The molecular formula is C62H37N5O. The summed E-state index contributed by atoms with van der Waals surface area (Å²) >= 11 is 0. The maximum atomic E-state index is 6.34. The molecule has 0 bridgehead atoms. The van der Waals surface area contributed by atoms with Crippen LogP contribution >= 0.6 is 0 Å². The fourth-order valence-electron chi connectivity index (χ4n) is 10.3. The second kappa shape index (κ2) is 15.2. The molecule has 68 heavy (non-hydrogen) atoms. The van der Waals surface area contributed by atoms with Crippen molar-refractivity contribution in [1.29, 1.82) is 0 Å². The summed E-state index contributed by atoms with van der Waals surface area (Å²) < 4.78 is 8.79. The fraction of sp³-hybridized carbons (Fsp3) is 0. The normalized spacial score (nSPS) is 11.8. The van der Waals surface area contributed by atoms with Gasteiger partial charge >= 0.3 is 0 Å². The number of aromatic nitrogens is 5. The Morgan fingerprint density at radius 1 is 0.338 bits per heavy atom. The zero-order valence-electron chi connectivity index (χ0n) is 36.5. The van der Waals surface area contributed by atoms with Gasteiger partial charge in [-0.2, -0.15) is 0 Å². The molecule has 14 rings (SSSR count). The number of hydrogen-bond donors (Lipinski definition) is 0. The molecule has 14 aromatic rings. The van der Waals surface area contributed by atoms with Crippen molar-refractivity contribution in [3.63, 3.8) is 0 Å². The molecule has 0 N–H and O–H groups in total. The van der Waals surface area contributed by atoms with Gasteiger partial charge in [-0.1, -0.05) is 152 Å². The lowest BCUT2D eigenvalue weighted by atomic mass is 9.95. The molecule has 0 radical (unpaired) electrons. The monoisotopic (exact) mass is 867 g/mol. The predicted molar refractivity (Wildman–Crippen MR) is 279 cm³/mol. The first-order valence-electron chi connectivity index (χ1n) is 22.9. The maximum absolute atomic E-state index is 6.34. The van der Waals surface area contributed by atoms with Gasteiger partial charge in [-0.3, -0.25) is 4.98 Å². The lowest BCUT2D eigenvalue weighted by Crippen LogP contribution is -2.02. The zero-order chi connectivity index (χ0) is 44.7. The molecule has 316 valence electrons. The Kier molecular flexibility index (Phi) is 8.48. The minimum atomic E-state index is 0.547. The summed E-state index contributed by atoms with van der Waals surface area (Å²) in [4.78, 5) is 20.6. The van der Waals surface area contributed by atoms with Crippen molar-refractivity contribution in [2.24, 2.45) is 0 Å². The number of furan rings is 1. The Hall–Kier alpha value is -9.26. The van der Waals surface area contributed by atoms with Crippen molar-refractivity contribution in [3.05, 3.63) is 225 Å². The van der Waals surface area contributed by atoms with Gasteiger partial charge in [0, 0.05) is 44.4 Å². The molecule has 6 heteroatoms. The highest BCUT2D eigenvalue weighted by Gasteiger charge is 2.22. The number of benzene rings is 10. The van der Waals surface area contributed by atoms with Crippen molar-refractivity contribution in [3.8, 4) is 62.1 Å². The van der Waals surface area contributed by atoms with Gasteiger partial charge in [0.15, 0.2) is 23.1 Å². The van der Waals surface area contributed by atoms with E-state index in [1.165, 1.54) is 32.7 Å². The molecule has 0 saturated heterocycles. The van der Waals surface area contributed by atoms with E-state index in [1.807, 2.05) is 18.2 Å². The smallest absolute Gasteiger partial charge is 0.164 e. The van der Waals surface area contributed by atoms with Crippen LogP contribution in [-0.2, 0) is 0 Å². The van der Waals surface area contributed by atoms with Gasteiger partial charge in [-0.05, 0) is 116 Å². The molecular weight excluding hydrogens is 831 g/mol. The third-order valence-electron chi connectivity index (χ3n) is 13.5. The van der Waals surface area contributed by atoms with Gasteiger partial charge in [0.25, 0.3) is 0 Å². The second-order valence-corrected chi connectivity index (χ2v) is 17.4. The second-order valence-electron chi connectivity index (χ2n) is 17.4. The standard InChI is InChI=1S/C62H37N5O/c1-3-15-38(16-4-1)46-25-13-26-54-58(46)52-34-40-19-7-8-20-41(40)36-55(52)67(54)53-31-30-49(47-23-11-12-24-48(47)53)62-65-60(43-28-29-50-57(37-43)68-56-27-14-32-63-59(50)56)64-61(66-62)44-33-42-21-9-10-22-45(42)51(35-44)39-17-5-2-6-18-39/h1-37H. The Labute approximate surface area is 390 Å². The lowest BCUT2D eigenvalue weighted by Gasteiger charge is -2.16. The first kappa shape index (κ1) is 38.1. The van der Waals surface area contributed by atoms with Gasteiger partial charge in [0.05, 0.1) is 16.7 Å². The highest BCUT2D eigenvalue weighted by atomic mass is 16.3. The number of pyridine rings is 1. The van der Waals surface area contributed by atoms with Gasteiger partial charge in [0.2, 0.25) is 0 Å². The van der Waals surface area contributed by atoms with Crippen LogP contribution in [-0.4, -0.2) is 24.5 Å². The van der Waals surface area contributed by atoms with E-state index in [4.69, 9.17) is 19.4 Å². The minimum absolute atomic E-state index is 0.547. The molecule has 4 aromatic heterocycles. The van der Waals surface area contributed by atoms with Gasteiger partial charge in [-0.15, -0.1) is 0 Å². The average Bonchev–Trinajstić information content (AvgIpc) is 3.94. The molecule has 0 aliphatic heterocycles. The van der Waals surface area contributed by atoms with E-state index in [0.29, 0.717) is 17.5 Å². The van der Waals surface area contributed by atoms with E-state index in [9.17, 15) is 0 Å². The topological polar surface area (TPSA) is 69.6 Å². The molecule has 0 aliphatic rings. The van der Waals surface area contributed by atoms with Crippen LogP contribution in [0.25, 0.3) is 138 Å². The molecule has 0 atom stereocenters. The SMILES string of the molecule is c1ccc(-c2cc(-c3nc(-c4ccc5c(c4)oc4cccnc45)nc(-c4ccc(-n5c6cc7ccccc7cc6c6c(-c7ccccc7)cccc65)c5ccccc45)n3)cc3ccccc23)cc1. The van der Waals surface area contributed by atoms with Crippen LogP contribution in [0.15, 0.2) is 229 Å². The number of fused-ring (bicyclic) bond motifs is 9. The van der Waals surface area contributed by atoms with Crippen molar-refractivity contribution in [2.75, 3.05) is 0 Å². The van der Waals surface area contributed by atoms with E-state index in [-0.39, 0.29) is 0 Å². The van der Waals surface area contributed by atoms with Gasteiger partial charge < -0.3 is 8.98 Å². The van der Waals surface area contributed by atoms with Crippen LogP contribution in [0.1, 0.15) is 0 Å². The first-order valence-corrected chi connectivity index (χ1v) is 22.9. The summed E-state index contributed by atoms with van der Waals surface area (Å²) in [5.74, 6) is 1.70. The quantitative estimate of drug-likeness (QED) is 0.166. The summed E-state index contributed by atoms with van der Waals surface area (Å²) in [6.45, 7) is 0. The molecule has 4 heterocycles. The largest absolute Gasteiger partial charge is 0.454 e. The first-order chi connectivity index (χ1) is 33.7. The minimum Gasteiger partial charge on any atom is -0.454 e. The third-order valence-corrected chi connectivity index (χ3v) is 13.5. The van der Waals surface area contributed by atoms with Gasteiger partial charge in [0.1, 0.15) is 11.1 Å². The summed E-state index contributed by atoms with van der Waals surface area (Å²) in [6, 6.07) is 77.2. The fourth-order valence-corrected chi connectivity index (χ4v) is 10.3. The molecule has 10 aromatic carbocycles. The number of nitrogens with zero attached hydrogens (tertiary/aromatic N) is 5. The highest BCUT2D eigenvalue weighted by molar-refractivity contribution is 6.19. The van der Waals surface area contributed by atoms with Crippen LogP contribution < -0.4 is 0 Å². The van der Waals surface area contributed by atoms with Crippen LogP contribution in [0.3, 0.4) is 0 Å². The summed E-state index contributed by atoms with van der Waals surface area (Å²) in [5.41, 5.74) is 12.9. The molecule has 0 amide bonds. The van der Waals surface area contributed by atoms with E-state index in [2.05, 4.69) is 210 Å². The molecule has 0 saturated carbocycles.